The SMILES string of the molecule is Cc1cc(C)c(C)c(OCC(C)(O)c2ccccc2)c1. The minimum atomic E-state index is -0.995. The standard InChI is InChI=1S/C18H22O2/c1-13-10-14(2)15(3)17(11-13)20-12-18(4,19)16-8-6-5-7-9-16/h5-11,19H,12H2,1-4H3. The molecule has 0 aliphatic heterocycles. The molecule has 0 spiro atoms. The first-order chi connectivity index (χ1) is 9.40. The van der Waals surface area contributed by atoms with Gasteiger partial charge in [0, 0.05) is 0 Å². The molecule has 2 heteroatoms. The van der Waals surface area contributed by atoms with Crippen LogP contribution in [0.4, 0.5) is 0 Å². The largest absolute Gasteiger partial charge is 0.490 e. The van der Waals surface area contributed by atoms with Crippen molar-refractivity contribution in [3.05, 3.63) is 64.7 Å². The van der Waals surface area contributed by atoms with Gasteiger partial charge in [0.2, 0.25) is 0 Å². The summed E-state index contributed by atoms with van der Waals surface area (Å²) in [6, 6.07) is 13.8. The molecule has 0 aliphatic rings. The van der Waals surface area contributed by atoms with Crippen molar-refractivity contribution in [2.45, 2.75) is 33.3 Å². The van der Waals surface area contributed by atoms with Crippen LogP contribution in [0.25, 0.3) is 0 Å². The molecule has 1 unspecified atom stereocenters. The Labute approximate surface area is 121 Å². The molecular formula is C18H22O2. The van der Waals surface area contributed by atoms with E-state index in [1.165, 1.54) is 11.1 Å². The van der Waals surface area contributed by atoms with E-state index < -0.39 is 5.60 Å². The molecule has 2 rings (SSSR count). The van der Waals surface area contributed by atoms with Crippen molar-refractivity contribution < 1.29 is 9.84 Å². The van der Waals surface area contributed by atoms with Gasteiger partial charge in [0.25, 0.3) is 0 Å². The quantitative estimate of drug-likeness (QED) is 0.913. The van der Waals surface area contributed by atoms with Crippen LogP contribution in [0.2, 0.25) is 0 Å². The van der Waals surface area contributed by atoms with E-state index in [0.717, 1.165) is 16.9 Å². The summed E-state index contributed by atoms with van der Waals surface area (Å²) in [5, 5.41) is 10.6. The fourth-order valence-electron chi connectivity index (χ4n) is 2.25. The molecule has 0 radical (unpaired) electrons. The molecule has 2 aromatic carbocycles. The first-order valence-electron chi connectivity index (χ1n) is 6.89. The van der Waals surface area contributed by atoms with E-state index in [2.05, 4.69) is 19.9 Å². The van der Waals surface area contributed by atoms with Crippen molar-refractivity contribution in [2.24, 2.45) is 0 Å². The normalized spacial score (nSPS) is 13.8. The van der Waals surface area contributed by atoms with Crippen LogP contribution >= 0.6 is 0 Å². The van der Waals surface area contributed by atoms with Crippen LogP contribution in [0, 0.1) is 20.8 Å². The Kier molecular flexibility index (Phi) is 4.15. The van der Waals surface area contributed by atoms with E-state index >= 15 is 0 Å². The summed E-state index contributed by atoms with van der Waals surface area (Å²) in [5.74, 6) is 0.846. The summed E-state index contributed by atoms with van der Waals surface area (Å²) in [6.07, 6.45) is 0. The van der Waals surface area contributed by atoms with E-state index in [-0.39, 0.29) is 6.61 Å². The summed E-state index contributed by atoms with van der Waals surface area (Å²) >= 11 is 0. The lowest BCUT2D eigenvalue weighted by molar-refractivity contribution is 0.00736. The maximum absolute atomic E-state index is 10.6. The first kappa shape index (κ1) is 14.6. The van der Waals surface area contributed by atoms with E-state index in [9.17, 15) is 5.11 Å². The minimum Gasteiger partial charge on any atom is -0.490 e. The lowest BCUT2D eigenvalue weighted by Crippen LogP contribution is -2.29. The van der Waals surface area contributed by atoms with Crippen LogP contribution in [0.3, 0.4) is 0 Å². The molecule has 0 fully saturated rings. The fourth-order valence-corrected chi connectivity index (χ4v) is 2.25. The molecule has 0 bridgehead atoms. The van der Waals surface area contributed by atoms with Gasteiger partial charge in [0.1, 0.15) is 18.0 Å². The number of aryl methyl sites for hydroxylation is 2. The van der Waals surface area contributed by atoms with Crippen LogP contribution in [0.15, 0.2) is 42.5 Å². The summed E-state index contributed by atoms with van der Waals surface area (Å²) < 4.78 is 5.87. The van der Waals surface area contributed by atoms with Gasteiger partial charge in [-0.2, -0.15) is 0 Å². The van der Waals surface area contributed by atoms with E-state index in [1.807, 2.05) is 43.3 Å². The second-order valence-corrected chi connectivity index (χ2v) is 5.63. The van der Waals surface area contributed by atoms with Crippen LogP contribution < -0.4 is 4.74 Å². The molecule has 0 saturated heterocycles. The molecule has 2 nitrogen and oxygen atoms in total. The molecule has 0 aromatic heterocycles. The molecule has 0 aliphatic carbocycles. The maximum Gasteiger partial charge on any atom is 0.122 e. The van der Waals surface area contributed by atoms with Crippen molar-refractivity contribution >= 4 is 0 Å². The third-order valence-corrected chi connectivity index (χ3v) is 3.67. The number of aliphatic hydroxyl groups is 1. The molecule has 106 valence electrons. The third-order valence-electron chi connectivity index (χ3n) is 3.67. The Morgan fingerprint density at radius 3 is 2.35 bits per heavy atom. The van der Waals surface area contributed by atoms with Gasteiger partial charge < -0.3 is 9.84 Å². The average molecular weight is 270 g/mol. The minimum absolute atomic E-state index is 0.237. The van der Waals surface area contributed by atoms with Gasteiger partial charge in [-0.15, -0.1) is 0 Å². The number of benzene rings is 2. The molecular weight excluding hydrogens is 248 g/mol. The number of hydrogen-bond acceptors (Lipinski definition) is 2. The zero-order chi connectivity index (χ0) is 14.8. The van der Waals surface area contributed by atoms with Crippen LogP contribution in [0.5, 0.6) is 5.75 Å². The zero-order valence-electron chi connectivity index (χ0n) is 12.6. The molecule has 0 heterocycles. The summed E-state index contributed by atoms with van der Waals surface area (Å²) in [5.41, 5.74) is 3.37. The Bertz CT molecular complexity index is 586. The van der Waals surface area contributed by atoms with E-state index in [0.29, 0.717) is 0 Å². The molecule has 0 amide bonds. The Morgan fingerprint density at radius 1 is 1.05 bits per heavy atom. The molecule has 1 N–H and O–H groups in total. The fraction of sp³-hybridized carbons (Fsp3) is 0.333. The monoisotopic (exact) mass is 270 g/mol. The number of hydrogen-bond donors (Lipinski definition) is 1. The Morgan fingerprint density at radius 2 is 1.70 bits per heavy atom. The second-order valence-electron chi connectivity index (χ2n) is 5.63. The van der Waals surface area contributed by atoms with Crippen molar-refractivity contribution in [3.8, 4) is 5.75 Å². The first-order valence-corrected chi connectivity index (χ1v) is 6.89. The molecule has 1 atom stereocenters. The highest BCUT2D eigenvalue weighted by atomic mass is 16.5. The average Bonchev–Trinajstić information content (AvgIpc) is 2.42. The zero-order valence-corrected chi connectivity index (χ0v) is 12.6. The van der Waals surface area contributed by atoms with Crippen molar-refractivity contribution in [1.29, 1.82) is 0 Å². The van der Waals surface area contributed by atoms with Crippen LogP contribution in [-0.4, -0.2) is 11.7 Å². The van der Waals surface area contributed by atoms with Gasteiger partial charge in [0.15, 0.2) is 0 Å². The lowest BCUT2D eigenvalue weighted by Gasteiger charge is -2.25. The molecule has 0 saturated carbocycles. The van der Waals surface area contributed by atoms with E-state index in [1.54, 1.807) is 6.92 Å². The van der Waals surface area contributed by atoms with Crippen LogP contribution in [0.1, 0.15) is 29.2 Å². The van der Waals surface area contributed by atoms with Gasteiger partial charge >= 0.3 is 0 Å². The second kappa shape index (κ2) is 5.68. The summed E-state index contributed by atoms with van der Waals surface area (Å²) in [4.78, 5) is 0. The highest BCUT2D eigenvalue weighted by Gasteiger charge is 2.24. The van der Waals surface area contributed by atoms with Gasteiger partial charge in [-0.3, -0.25) is 0 Å². The van der Waals surface area contributed by atoms with Crippen molar-refractivity contribution in [2.75, 3.05) is 6.61 Å². The van der Waals surface area contributed by atoms with Gasteiger partial charge in [0.05, 0.1) is 0 Å². The van der Waals surface area contributed by atoms with Gasteiger partial charge in [-0.1, -0.05) is 36.4 Å². The predicted octanol–water partition coefficient (Wildman–Crippen LogP) is 3.90. The smallest absolute Gasteiger partial charge is 0.122 e. The third kappa shape index (κ3) is 3.20. The summed E-state index contributed by atoms with van der Waals surface area (Å²) in [7, 11) is 0. The van der Waals surface area contributed by atoms with E-state index in [4.69, 9.17) is 4.74 Å². The predicted molar refractivity (Wildman–Crippen MR) is 82.2 cm³/mol. The van der Waals surface area contributed by atoms with Gasteiger partial charge in [-0.05, 0) is 56.0 Å². The summed E-state index contributed by atoms with van der Waals surface area (Å²) in [6.45, 7) is 8.18. The maximum atomic E-state index is 10.6. The highest BCUT2D eigenvalue weighted by Crippen LogP contribution is 2.26. The number of rotatable bonds is 4. The molecule has 20 heavy (non-hydrogen) atoms. The number of ether oxygens (including phenoxy) is 1. The van der Waals surface area contributed by atoms with Crippen molar-refractivity contribution in [1.82, 2.24) is 0 Å². The Hall–Kier alpha value is -1.80. The lowest BCUT2D eigenvalue weighted by atomic mass is 9.97. The van der Waals surface area contributed by atoms with Gasteiger partial charge in [-0.25, -0.2) is 0 Å². The van der Waals surface area contributed by atoms with Crippen molar-refractivity contribution in [3.63, 3.8) is 0 Å². The molecule has 2 aromatic rings. The highest BCUT2D eigenvalue weighted by molar-refractivity contribution is 5.42. The van der Waals surface area contributed by atoms with Crippen LogP contribution in [-0.2, 0) is 5.60 Å². The topological polar surface area (TPSA) is 29.5 Å². The Balaban J connectivity index is 2.16.